The summed E-state index contributed by atoms with van der Waals surface area (Å²) in [6.07, 6.45) is 3.82. The SMILES string of the molecule is CCCCCC(C)(F)CN. The van der Waals surface area contributed by atoms with E-state index >= 15 is 0 Å². The van der Waals surface area contributed by atoms with Crippen LogP contribution in [-0.2, 0) is 0 Å². The van der Waals surface area contributed by atoms with Gasteiger partial charge in [-0.05, 0) is 13.3 Å². The van der Waals surface area contributed by atoms with E-state index in [0.29, 0.717) is 6.42 Å². The molecule has 1 atom stereocenters. The van der Waals surface area contributed by atoms with Crippen LogP contribution >= 0.6 is 0 Å². The zero-order valence-electron chi connectivity index (χ0n) is 6.99. The van der Waals surface area contributed by atoms with E-state index in [0.717, 1.165) is 19.3 Å². The molecule has 2 heteroatoms. The third-order valence-corrected chi connectivity index (χ3v) is 1.73. The van der Waals surface area contributed by atoms with Gasteiger partial charge in [-0.15, -0.1) is 0 Å². The van der Waals surface area contributed by atoms with Gasteiger partial charge in [-0.25, -0.2) is 4.39 Å². The highest BCUT2D eigenvalue weighted by Gasteiger charge is 2.19. The first kappa shape index (κ1) is 9.89. The van der Waals surface area contributed by atoms with Crippen molar-refractivity contribution < 1.29 is 4.39 Å². The molecule has 0 aliphatic rings. The number of unbranched alkanes of at least 4 members (excludes halogenated alkanes) is 2. The van der Waals surface area contributed by atoms with Crippen molar-refractivity contribution >= 4 is 0 Å². The van der Waals surface area contributed by atoms with Crippen LogP contribution in [0.2, 0.25) is 0 Å². The van der Waals surface area contributed by atoms with E-state index in [2.05, 4.69) is 6.92 Å². The lowest BCUT2D eigenvalue weighted by molar-refractivity contribution is 0.180. The summed E-state index contributed by atoms with van der Waals surface area (Å²) in [5.41, 5.74) is 4.08. The van der Waals surface area contributed by atoms with Crippen molar-refractivity contribution in [3.05, 3.63) is 0 Å². The first-order chi connectivity index (χ1) is 4.62. The number of nitrogens with two attached hydrogens (primary N) is 1. The fraction of sp³-hybridized carbons (Fsp3) is 1.00. The predicted molar refractivity (Wildman–Crippen MR) is 42.7 cm³/mol. The number of alkyl halides is 1. The lowest BCUT2D eigenvalue weighted by atomic mass is 10.0. The van der Waals surface area contributed by atoms with E-state index in [1.54, 1.807) is 6.92 Å². The molecule has 1 unspecified atom stereocenters. The molecule has 0 spiro atoms. The summed E-state index contributed by atoms with van der Waals surface area (Å²) in [5, 5.41) is 0. The van der Waals surface area contributed by atoms with Crippen LogP contribution in [0, 0.1) is 0 Å². The van der Waals surface area contributed by atoms with E-state index in [-0.39, 0.29) is 6.54 Å². The van der Waals surface area contributed by atoms with Crippen LogP contribution in [0.3, 0.4) is 0 Å². The van der Waals surface area contributed by atoms with Crippen molar-refractivity contribution in [2.75, 3.05) is 6.54 Å². The minimum absolute atomic E-state index is 0.150. The maximum Gasteiger partial charge on any atom is 0.120 e. The summed E-state index contributed by atoms with van der Waals surface area (Å²) in [4.78, 5) is 0. The van der Waals surface area contributed by atoms with Crippen molar-refractivity contribution in [3.8, 4) is 0 Å². The summed E-state index contributed by atoms with van der Waals surface area (Å²) >= 11 is 0. The highest BCUT2D eigenvalue weighted by molar-refractivity contribution is 4.73. The van der Waals surface area contributed by atoms with Crippen LogP contribution in [0.25, 0.3) is 0 Å². The fourth-order valence-corrected chi connectivity index (χ4v) is 0.846. The van der Waals surface area contributed by atoms with E-state index in [1.807, 2.05) is 0 Å². The Hall–Kier alpha value is -0.110. The highest BCUT2D eigenvalue weighted by Crippen LogP contribution is 2.17. The van der Waals surface area contributed by atoms with E-state index in [4.69, 9.17) is 5.73 Å². The molecule has 0 heterocycles. The second kappa shape index (κ2) is 4.67. The lowest BCUT2D eigenvalue weighted by Gasteiger charge is -2.16. The molecule has 0 fully saturated rings. The van der Waals surface area contributed by atoms with Crippen LogP contribution < -0.4 is 5.73 Å². The molecule has 0 radical (unpaired) electrons. The standard InChI is InChI=1S/C8H18FN/c1-3-4-5-6-8(2,9)7-10/h3-7,10H2,1-2H3. The van der Waals surface area contributed by atoms with Gasteiger partial charge in [0.25, 0.3) is 0 Å². The van der Waals surface area contributed by atoms with Crippen LogP contribution in [0.15, 0.2) is 0 Å². The quantitative estimate of drug-likeness (QED) is 0.593. The van der Waals surface area contributed by atoms with Gasteiger partial charge in [0.2, 0.25) is 0 Å². The number of halogens is 1. The van der Waals surface area contributed by atoms with Crippen molar-refractivity contribution in [3.63, 3.8) is 0 Å². The Balaban J connectivity index is 3.28. The number of rotatable bonds is 5. The summed E-state index contributed by atoms with van der Waals surface area (Å²) in [6.45, 7) is 3.83. The van der Waals surface area contributed by atoms with Crippen molar-refractivity contribution in [2.24, 2.45) is 5.73 Å². The Bertz CT molecular complexity index is 81.3. The largest absolute Gasteiger partial charge is 0.328 e. The molecule has 62 valence electrons. The van der Waals surface area contributed by atoms with Gasteiger partial charge in [0.15, 0.2) is 0 Å². The molecule has 0 bridgehead atoms. The average Bonchev–Trinajstić information content (AvgIpc) is 1.89. The molecule has 0 aliphatic heterocycles. The molecule has 2 N–H and O–H groups in total. The summed E-state index contributed by atoms with van der Waals surface area (Å²) < 4.78 is 13.0. The van der Waals surface area contributed by atoms with Crippen molar-refractivity contribution in [2.45, 2.75) is 45.2 Å². The molecule has 10 heavy (non-hydrogen) atoms. The van der Waals surface area contributed by atoms with Gasteiger partial charge < -0.3 is 5.73 Å². The number of hydrogen-bond acceptors (Lipinski definition) is 1. The van der Waals surface area contributed by atoms with Gasteiger partial charge in [-0.1, -0.05) is 26.2 Å². The first-order valence-electron chi connectivity index (χ1n) is 4.01. The molecule has 0 saturated heterocycles. The first-order valence-corrected chi connectivity index (χ1v) is 4.01. The smallest absolute Gasteiger partial charge is 0.120 e. The molecular weight excluding hydrogens is 129 g/mol. The van der Waals surface area contributed by atoms with Crippen LogP contribution in [0.5, 0.6) is 0 Å². The van der Waals surface area contributed by atoms with Crippen LogP contribution in [0.4, 0.5) is 4.39 Å². The van der Waals surface area contributed by atoms with Crippen molar-refractivity contribution in [1.82, 2.24) is 0 Å². The molecule has 0 aromatic heterocycles. The Morgan fingerprint density at radius 1 is 1.40 bits per heavy atom. The maximum absolute atomic E-state index is 13.0. The topological polar surface area (TPSA) is 26.0 Å². The van der Waals surface area contributed by atoms with Gasteiger partial charge in [0.05, 0.1) is 0 Å². The lowest BCUT2D eigenvalue weighted by Crippen LogP contribution is -2.28. The zero-order chi connectivity index (χ0) is 8.04. The second-order valence-electron chi connectivity index (χ2n) is 3.07. The van der Waals surface area contributed by atoms with Gasteiger partial charge in [0.1, 0.15) is 5.67 Å². The minimum Gasteiger partial charge on any atom is -0.328 e. The monoisotopic (exact) mass is 147 g/mol. The minimum atomic E-state index is -1.13. The molecule has 0 rings (SSSR count). The highest BCUT2D eigenvalue weighted by atomic mass is 19.1. The molecular formula is C8H18FN. The molecule has 0 saturated carbocycles. The van der Waals surface area contributed by atoms with E-state index in [9.17, 15) is 4.39 Å². The normalized spacial score (nSPS) is 16.8. The molecule has 0 aliphatic carbocycles. The zero-order valence-corrected chi connectivity index (χ0v) is 6.99. The molecule has 0 aromatic carbocycles. The Kier molecular flexibility index (Phi) is 4.62. The summed E-state index contributed by atoms with van der Waals surface area (Å²) in [7, 11) is 0. The Morgan fingerprint density at radius 2 is 2.00 bits per heavy atom. The van der Waals surface area contributed by atoms with E-state index < -0.39 is 5.67 Å². The summed E-state index contributed by atoms with van der Waals surface area (Å²) in [5.74, 6) is 0. The Labute approximate surface area is 62.8 Å². The third-order valence-electron chi connectivity index (χ3n) is 1.73. The third kappa shape index (κ3) is 4.74. The second-order valence-corrected chi connectivity index (χ2v) is 3.07. The molecule has 1 nitrogen and oxygen atoms in total. The van der Waals surface area contributed by atoms with Crippen molar-refractivity contribution in [1.29, 1.82) is 0 Å². The Morgan fingerprint density at radius 3 is 2.40 bits per heavy atom. The fourth-order valence-electron chi connectivity index (χ4n) is 0.846. The van der Waals surface area contributed by atoms with Crippen LogP contribution in [-0.4, -0.2) is 12.2 Å². The van der Waals surface area contributed by atoms with Gasteiger partial charge in [0, 0.05) is 6.54 Å². The van der Waals surface area contributed by atoms with Crippen LogP contribution in [0.1, 0.15) is 39.5 Å². The van der Waals surface area contributed by atoms with Gasteiger partial charge in [-0.3, -0.25) is 0 Å². The molecule has 0 aromatic rings. The van der Waals surface area contributed by atoms with E-state index in [1.165, 1.54) is 0 Å². The summed E-state index contributed by atoms with van der Waals surface area (Å²) in [6, 6.07) is 0. The molecule has 0 amide bonds. The van der Waals surface area contributed by atoms with Gasteiger partial charge >= 0.3 is 0 Å². The van der Waals surface area contributed by atoms with Gasteiger partial charge in [-0.2, -0.15) is 0 Å². The predicted octanol–water partition coefficient (Wildman–Crippen LogP) is 2.25. The number of hydrogen-bond donors (Lipinski definition) is 1. The maximum atomic E-state index is 13.0. The average molecular weight is 147 g/mol.